The number of nitrogens with zero attached hydrogens (tertiary/aromatic N) is 1. The molecule has 11 rings (SSSR count). The van der Waals surface area contributed by atoms with E-state index in [1.165, 1.54) is 102 Å². The van der Waals surface area contributed by atoms with Crippen molar-refractivity contribution in [1.29, 1.82) is 0 Å². The van der Waals surface area contributed by atoms with Gasteiger partial charge in [-0.25, -0.2) is 0 Å². The summed E-state index contributed by atoms with van der Waals surface area (Å²) in [7, 11) is 0. The van der Waals surface area contributed by atoms with Gasteiger partial charge in [-0.3, -0.25) is 0 Å². The van der Waals surface area contributed by atoms with E-state index in [1.54, 1.807) is 0 Å². The Morgan fingerprint density at radius 3 is 1.82 bits per heavy atom. The highest BCUT2D eigenvalue weighted by Crippen LogP contribution is 2.42. The maximum Gasteiger partial charge on any atom is 0.0547 e. The van der Waals surface area contributed by atoms with Crippen molar-refractivity contribution in [3.05, 3.63) is 176 Å². The average molecular weight is 652 g/mol. The van der Waals surface area contributed by atoms with Crippen LogP contribution in [-0.4, -0.2) is 4.57 Å². The number of hydrogen-bond donors (Lipinski definition) is 0. The summed E-state index contributed by atoms with van der Waals surface area (Å²) in [6, 6.07) is 65.0. The normalized spacial score (nSPS) is 12.0. The minimum Gasteiger partial charge on any atom is -0.309 e. The Hall–Kier alpha value is -6.22. The summed E-state index contributed by atoms with van der Waals surface area (Å²) in [5.41, 5.74) is 8.60. The Morgan fingerprint density at radius 2 is 0.980 bits per heavy atom. The van der Waals surface area contributed by atoms with E-state index in [9.17, 15) is 0 Å². The monoisotopic (exact) mass is 651 g/mol. The van der Waals surface area contributed by atoms with Gasteiger partial charge in [0.1, 0.15) is 0 Å². The topological polar surface area (TPSA) is 4.93 Å². The van der Waals surface area contributed by atoms with E-state index in [0.717, 1.165) is 0 Å². The summed E-state index contributed by atoms with van der Waals surface area (Å²) in [6.07, 6.45) is 0. The molecule has 0 radical (unpaired) electrons. The van der Waals surface area contributed by atoms with Crippen LogP contribution in [0.2, 0.25) is 0 Å². The van der Waals surface area contributed by atoms with Crippen LogP contribution < -0.4 is 0 Å². The molecule has 0 unspecified atom stereocenters. The van der Waals surface area contributed by atoms with E-state index in [4.69, 9.17) is 0 Å². The Morgan fingerprint density at radius 1 is 0.320 bits per heavy atom. The second kappa shape index (κ2) is 10.6. The zero-order chi connectivity index (χ0) is 32.8. The summed E-state index contributed by atoms with van der Waals surface area (Å²) in [5, 5.41) is 12.9. The van der Waals surface area contributed by atoms with Gasteiger partial charge in [0.2, 0.25) is 0 Å². The third kappa shape index (κ3) is 4.13. The van der Waals surface area contributed by atoms with Gasteiger partial charge in [0.05, 0.1) is 11.0 Å². The molecule has 11 aromatic rings. The van der Waals surface area contributed by atoms with Crippen LogP contribution in [0.25, 0.3) is 102 Å². The van der Waals surface area contributed by atoms with Crippen molar-refractivity contribution >= 4 is 85.6 Å². The quantitative estimate of drug-likeness (QED) is 0.168. The Bertz CT molecular complexity index is 3130. The van der Waals surface area contributed by atoms with E-state index in [2.05, 4.69) is 180 Å². The molecule has 2 aromatic heterocycles. The third-order valence-corrected chi connectivity index (χ3v) is 11.7. The smallest absolute Gasteiger partial charge is 0.0547 e. The summed E-state index contributed by atoms with van der Waals surface area (Å²) in [5.74, 6) is 0. The minimum atomic E-state index is 1.19. The minimum absolute atomic E-state index is 1.19. The second-order valence-corrected chi connectivity index (χ2v) is 14.4. The SMILES string of the molecule is c1ccc(-c2ccc(-c3cc4cc5c(cc4c4ccccc34)c3ccccc3n5-c3ccc4c(c3)sc3cc5ccccc5cc34)cc2)cc1. The molecule has 2 heteroatoms. The van der Waals surface area contributed by atoms with Crippen LogP contribution in [0.3, 0.4) is 0 Å². The van der Waals surface area contributed by atoms with Gasteiger partial charge in [0.25, 0.3) is 0 Å². The highest BCUT2D eigenvalue weighted by molar-refractivity contribution is 7.25. The fraction of sp³-hybridized carbons (Fsp3) is 0. The molecule has 2 heterocycles. The molecule has 0 atom stereocenters. The average Bonchev–Trinajstić information content (AvgIpc) is 3.70. The van der Waals surface area contributed by atoms with Gasteiger partial charge in [-0.1, -0.05) is 127 Å². The van der Waals surface area contributed by atoms with Gasteiger partial charge in [-0.05, 0) is 103 Å². The molecule has 0 spiro atoms. The maximum atomic E-state index is 2.47. The molecule has 0 aliphatic heterocycles. The molecule has 0 aliphatic carbocycles. The van der Waals surface area contributed by atoms with E-state index in [0.29, 0.717) is 0 Å². The van der Waals surface area contributed by atoms with Crippen LogP contribution in [0, 0.1) is 0 Å². The highest BCUT2D eigenvalue weighted by Gasteiger charge is 2.17. The Labute approximate surface area is 292 Å². The molecule has 0 saturated carbocycles. The van der Waals surface area contributed by atoms with Gasteiger partial charge in [-0.2, -0.15) is 0 Å². The summed E-state index contributed by atoms with van der Waals surface area (Å²) >= 11 is 1.89. The lowest BCUT2D eigenvalue weighted by Gasteiger charge is -2.13. The molecular weight excluding hydrogens is 623 g/mol. The Balaban J connectivity index is 1.14. The predicted octanol–water partition coefficient (Wildman–Crippen LogP) is 13.9. The van der Waals surface area contributed by atoms with Gasteiger partial charge < -0.3 is 4.57 Å². The summed E-state index contributed by atoms with van der Waals surface area (Å²) < 4.78 is 5.11. The highest BCUT2D eigenvalue weighted by atomic mass is 32.1. The zero-order valence-corrected chi connectivity index (χ0v) is 27.9. The van der Waals surface area contributed by atoms with Crippen LogP contribution >= 0.6 is 11.3 Å². The van der Waals surface area contributed by atoms with E-state index in [-0.39, 0.29) is 0 Å². The fourth-order valence-corrected chi connectivity index (χ4v) is 9.32. The Kier molecular flexibility index (Phi) is 5.89. The molecule has 0 amide bonds. The standard InChI is InChI=1S/C48H29NS/c1-2-10-30(11-3-1)31-18-20-32(21-19-31)41-25-35-26-46-43(29-42(35)38-15-7-6-14-37(38)41)39-16-8-9-17-45(39)49(46)36-22-23-40-44-24-33-12-4-5-13-34(33)27-47(44)50-48(40)28-36/h1-29H. The largest absolute Gasteiger partial charge is 0.309 e. The lowest BCUT2D eigenvalue weighted by molar-refractivity contribution is 1.19. The molecule has 0 saturated heterocycles. The van der Waals surface area contributed by atoms with Crippen LogP contribution in [0.15, 0.2) is 176 Å². The summed E-state index contributed by atoms with van der Waals surface area (Å²) in [4.78, 5) is 0. The van der Waals surface area contributed by atoms with Crippen molar-refractivity contribution in [1.82, 2.24) is 4.57 Å². The molecule has 0 bridgehead atoms. The summed E-state index contributed by atoms with van der Waals surface area (Å²) in [6.45, 7) is 0. The van der Waals surface area contributed by atoms with Gasteiger partial charge in [0, 0.05) is 36.6 Å². The first kappa shape index (κ1) is 27.7. The number of aromatic nitrogens is 1. The first-order valence-electron chi connectivity index (χ1n) is 17.2. The van der Waals surface area contributed by atoms with Crippen molar-refractivity contribution in [2.75, 3.05) is 0 Å². The van der Waals surface area contributed by atoms with Crippen LogP contribution in [0.5, 0.6) is 0 Å². The number of thiophene rings is 1. The van der Waals surface area contributed by atoms with Gasteiger partial charge >= 0.3 is 0 Å². The van der Waals surface area contributed by atoms with E-state index >= 15 is 0 Å². The lowest BCUT2D eigenvalue weighted by Crippen LogP contribution is -1.93. The molecule has 50 heavy (non-hydrogen) atoms. The van der Waals surface area contributed by atoms with Crippen LogP contribution in [0.1, 0.15) is 0 Å². The van der Waals surface area contributed by atoms with E-state index in [1.807, 2.05) is 11.3 Å². The molecule has 0 N–H and O–H groups in total. The predicted molar refractivity (Wildman–Crippen MR) is 217 cm³/mol. The van der Waals surface area contributed by atoms with Crippen molar-refractivity contribution in [2.24, 2.45) is 0 Å². The number of fused-ring (bicyclic) bond motifs is 10. The molecule has 232 valence electrons. The number of benzene rings is 9. The maximum absolute atomic E-state index is 2.47. The van der Waals surface area contributed by atoms with Crippen molar-refractivity contribution < 1.29 is 0 Å². The number of hydrogen-bond acceptors (Lipinski definition) is 1. The number of rotatable bonds is 3. The lowest BCUT2D eigenvalue weighted by atomic mass is 9.91. The zero-order valence-electron chi connectivity index (χ0n) is 27.1. The molecule has 1 nitrogen and oxygen atoms in total. The number of para-hydroxylation sites is 1. The second-order valence-electron chi connectivity index (χ2n) is 13.3. The molecular formula is C48H29NS. The fourth-order valence-electron chi connectivity index (χ4n) is 8.15. The molecule has 9 aromatic carbocycles. The molecule has 0 fully saturated rings. The third-order valence-electron chi connectivity index (χ3n) is 10.5. The first-order valence-corrected chi connectivity index (χ1v) is 18.0. The van der Waals surface area contributed by atoms with Crippen LogP contribution in [0.4, 0.5) is 0 Å². The van der Waals surface area contributed by atoms with Gasteiger partial charge in [-0.15, -0.1) is 11.3 Å². The van der Waals surface area contributed by atoms with Crippen molar-refractivity contribution in [2.45, 2.75) is 0 Å². The van der Waals surface area contributed by atoms with E-state index < -0.39 is 0 Å². The van der Waals surface area contributed by atoms with Gasteiger partial charge in [0.15, 0.2) is 0 Å². The van der Waals surface area contributed by atoms with Crippen LogP contribution in [-0.2, 0) is 0 Å². The first-order chi connectivity index (χ1) is 24.8. The van der Waals surface area contributed by atoms with Crippen molar-refractivity contribution in [3.8, 4) is 27.9 Å². The molecule has 0 aliphatic rings. The van der Waals surface area contributed by atoms with Crippen molar-refractivity contribution in [3.63, 3.8) is 0 Å².